The predicted molar refractivity (Wildman–Crippen MR) is 128 cm³/mol. The highest BCUT2D eigenvalue weighted by atomic mass is 35.5. The molecule has 2 heterocycles. The summed E-state index contributed by atoms with van der Waals surface area (Å²) in [6.07, 6.45) is 1.24. The molecule has 33 heavy (non-hydrogen) atoms. The maximum absolute atomic E-state index is 13.1. The number of benzene rings is 2. The van der Waals surface area contributed by atoms with Gasteiger partial charge in [-0.2, -0.15) is 0 Å². The van der Waals surface area contributed by atoms with Crippen LogP contribution in [0.5, 0.6) is 0 Å². The summed E-state index contributed by atoms with van der Waals surface area (Å²) < 4.78 is 6.85. The number of hydrogen-bond acceptors (Lipinski definition) is 5. The Morgan fingerprint density at radius 1 is 1.18 bits per heavy atom. The molecule has 0 aliphatic carbocycles. The molecule has 1 fully saturated rings. The van der Waals surface area contributed by atoms with Crippen LogP contribution in [0.1, 0.15) is 23.2 Å². The topological polar surface area (TPSA) is 87.8 Å². The largest absolute Gasteiger partial charge is 0.419 e. The summed E-state index contributed by atoms with van der Waals surface area (Å²) in [7, 11) is 3.84. The number of anilines is 1. The fourth-order valence-electron chi connectivity index (χ4n) is 3.98. The van der Waals surface area contributed by atoms with Crippen LogP contribution in [-0.2, 0) is 11.3 Å². The summed E-state index contributed by atoms with van der Waals surface area (Å²) in [5.41, 5.74) is 1.84. The molecular weight excluding hydrogens is 467 g/mol. The lowest BCUT2D eigenvalue weighted by molar-refractivity contribution is -0.119. The summed E-state index contributed by atoms with van der Waals surface area (Å²) in [6, 6.07) is 9.10. The molecule has 0 saturated carbocycles. The van der Waals surface area contributed by atoms with Crippen molar-refractivity contribution in [1.29, 1.82) is 0 Å². The van der Waals surface area contributed by atoms with Crippen molar-refractivity contribution in [2.24, 2.45) is 0 Å². The molecule has 1 unspecified atom stereocenters. The molecule has 2 aromatic carbocycles. The third kappa shape index (κ3) is 4.93. The molecule has 8 nitrogen and oxygen atoms in total. The number of carbonyl (C=O) groups is 2. The van der Waals surface area contributed by atoms with Crippen molar-refractivity contribution in [2.75, 3.05) is 32.5 Å². The van der Waals surface area contributed by atoms with Crippen molar-refractivity contribution in [3.8, 4) is 0 Å². The zero-order valence-corrected chi connectivity index (χ0v) is 19.8. The average molecular weight is 491 g/mol. The van der Waals surface area contributed by atoms with Crippen molar-refractivity contribution in [3.05, 3.63) is 62.6 Å². The van der Waals surface area contributed by atoms with Crippen LogP contribution in [-0.4, -0.2) is 59.4 Å². The summed E-state index contributed by atoms with van der Waals surface area (Å²) in [5, 5.41) is 3.57. The van der Waals surface area contributed by atoms with Gasteiger partial charge in [0, 0.05) is 30.3 Å². The maximum atomic E-state index is 13.1. The number of oxazole rings is 1. The van der Waals surface area contributed by atoms with Gasteiger partial charge in [0.1, 0.15) is 6.04 Å². The van der Waals surface area contributed by atoms with Crippen LogP contribution >= 0.6 is 23.2 Å². The van der Waals surface area contributed by atoms with Crippen molar-refractivity contribution >= 4 is 51.8 Å². The summed E-state index contributed by atoms with van der Waals surface area (Å²) in [5.74, 6) is -1.08. The number of likely N-dealkylation sites (N-methyl/N-ethyl adjacent to an activating group) is 1. The number of rotatable bonds is 6. The van der Waals surface area contributed by atoms with E-state index in [-0.39, 0.29) is 22.4 Å². The maximum Gasteiger partial charge on any atom is 0.419 e. The molecular formula is C23H24Cl2N4O4. The molecule has 4 rings (SSSR count). The number of aromatic nitrogens is 1. The highest BCUT2D eigenvalue weighted by Gasteiger charge is 2.35. The molecule has 1 aromatic heterocycles. The van der Waals surface area contributed by atoms with Gasteiger partial charge >= 0.3 is 5.76 Å². The SMILES string of the molecule is CN(C)CCn1c(=O)oc2ccc(NC(=O)C3CCCN3C(=O)c3cc(Cl)ccc3Cl)cc21. The fourth-order valence-corrected chi connectivity index (χ4v) is 4.35. The lowest BCUT2D eigenvalue weighted by Gasteiger charge is -2.24. The second-order valence-corrected chi connectivity index (χ2v) is 9.12. The molecule has 1 aliphatic heterocycles. The van der Waals surface area contributed by atoms with Gasteiger partial charge in [-0.3, -0.25) is 14.2 Å². The Kier molecular flexibility index (Phi) is 6.78. The Morgan fingerprint density at radius 2 is 1.97 bits per heavy atom. The van der Waals surface area contributed by atoms with Gasteiger partial charge in [-0.25, -0.2) is 4.79 Å². The normalized spacial score (nSPS) is 16.0. The quantitative estimate of drug-likeness (QED) is 0.568. The van der Waals surface area contributed by atoms with Crippen LogP contribution < -0.4 is 11.1 Å². The van der Waals surface area contributed by atoms with Gasteiger partial charge in [-0.15, -0.1) is 0 Å². The molecule has 1 N–H and O–H groups in total. The summed E-state index contributed by atoms with van der Waals surface area (Å²) in [6.45, 7) is 1.57. The minimum atomic E-state index is -0.636. The van der Waals surface area contributed by atoms with E-state index in [1.54, 1.807) is 30.3 Å². The first kappa shape index (κ1) is 23.4. The standard InChI is InChI=1S/C23H24Cl2N4O4/c1-27(2)10-11-29-19-13-15(6-8-20(19)33-23(29)32)26-21(30)18-4-3-9-28(18)22(31)16-12-14(24)5-7-17(16)25/h5-8,12-13,18H,3-4,9-11H2,1-2H3,(H,26,30). The first-order chi connectivity index (χ1) is 15.7. The van der Waals surface area contributed by atoms with Gasteiger partial charge in [0.15, 0.2) is 5.58 Å². The van der Waals surface area contributed by atoms with Gasteiger partial charge in [0.05, 0.1) is 16.1 Å². The molecule has 3 aromatic rings. The number of halogens is 2. The minimum absolute atomic E-state index is 0.272. The molecule has 1 atom stereocenters. The predicted octanol–water partition coefficient (Wildman–Crippen LogP) is 3.71. The van der Waals surface area contributed by atoms with E-state index in [1.807, 2.05) is 19.0 Å². The zero-order chi connectivity index (χ0) is 23.7. The van der Waals surface area contributed by atoms with Crippen molar-refractivity contribution < 1.29 is 14.0 Å². The lowest BCUT2D eigenvalue weighted by atomic mass is 10.1. The number of fused-ring (bicyclic) bond motifs is 1. The number of hydrogen-bond donors (Lipinski definition) is 1. The van der Waals surface area contributed by atoms with E-state index in [9.17, 15) is 14.4 Å². The third-order valence-corrected chi connectivity index (χ3v) is 6.25. The Morgan fingerprint density at radius 3 is 2.73 bits per heavy atom. The van der Waals surface area contributed by atoms with E-state index in [0.29, 0.717) is 54.3 Å². The van der Waals surface area contributed by atoms with Gasteiger partial charge in [0.25, 0.3) is 5.91 Å². The Balaban J connectivity index is 1.54. The molecule has 0 radical (unpaired) electrons. The number of amides is 2. The van der Waals surface area contributed by atoms with Gasteiger partial charge in [-0.05, 0) is 63.3 Å². The molecule has 174 valence electrons. The highest BCUT2D eigenvalue weighted by Crippen LogP contribution is 2.27. The zero-order valence-electron chi connectivity index (χ0n) is 18.3. The lowest BCUT2D eigenvalue weighted by Crippen LogP contribution is -2.43. The third-order valence-electron chi connectivity index (χ3n) is 5.68. The number of carbonyl (C=O) groups excluding carboxylic acids is 2. The molecule has 1 saturated heterocycles. The van der Waals surface area contributed by atoms with Crippen LogP contribution in [0.3, 0.4) is 0 Å². The average Bonchev–Trinajstić information content (AvgIpc) is 3.37. The molecule has 2 amide bonds. The fraction of sp³-hybridized carbons (Fsp3) is 0.348. The van der Waals surface area contributed by atoms with Crippen molar-refractivity contribution in [3.63, 3.8) is 0 Å². The number of likely N-dealkylation sites (tertiary alicyclic amines) is 1. The van der Waals surface area contributed by atoms with Gasteiger partial charge in [-0.1, -0.05) is 23.2 Å². The number of nitrogens with zero attached hydrogens (tertiary/aromatic N) is 3. The number of nitrogens with one attached hydrogen (secondary N) is 1. The van der Waals surface area contributed by atoms with E-state index in [1.165, 1.54) is 15.5 Å². The second-order valence-electron chi connectivity index (χ2n) is 8.28. The Hall–Kier alpha value is -2.81. The second kappa shape index (κ2) is 9.59. The van der Waals surface area contributed by atoms with E-state index < -0.39 is 11.8 Å². The minimum Gasteiger partial charge on any atom is -0.408 e. The molecule has 10 heteroatoms. The summed E-state index contributed by atoms with van der Waals surface area (Å²) >= 11 is 12.2. The van der Waals surface area contributed by atoms with Crippen LogP contribution in [0.2, 0.25) is 10.0 Å². The Labute approximate surface area is 200 Å². The highest BCUT2D eigenvalue weighted by molar-refractivity contribution is 6.35. The smallest absolute Gasteiger partial charge is 0.408 e. The van der Waals surface area contributed by atoms with Gasteiger partial charge < -0.3 is 19.5 Å². The first-order valence-electron chi connectivity index (χ1n) is 10.6. The van der Waals surface area contributed by atoms with Crippen LogP contribution in [0, 0.1) is 0 Å². The molecule has 1 aliphatic rings. The van der Waals surface area contributed by atoms with Crippen LogP contribution in [0.15, 0.2) is 45.6 Å². The van der Waals surface area contributed by atoms with Crippen LogP contribution in [0.4, 0.5) is 5.69 Å². The Bertz CT molecular complexity index is 1270. The van der Waals surface area contributed by atoms with Gasteiger partial charge in [0.2, 0.25) is 5.91 Å². The van der Waals surface area contributed by atoms with Crippen molar-refractivity contribution in [1.82, 2.24) is 14.4 Å². The van der Waals surface area contributed by atoms with E-state index >= 15 is 0 Å². The van der Waals surface area contributed by atoms with E-state index in [4.69, 9.17) is 27.6 Å². The molecule has 0 spiro atoms. The monoisotopic (exact) mass is 490 g/mol. The first-order valence-corrected chi connectivity index (χ1v) is 11.3. The van der Waals surface area contributed by atoms with Crippen molar-refractivity contribution in [2.45, 2.75) is 25.4 Å². The van der Waals surface area contributed by atoms with Crippen LogP contribution in [0.25, 0.3) is 11.1 Å². The van der Waals surface area contributed by atoms with E-state index in [0.717, 1.165) is 0 Å². The molecule has 0 bridgehead atoms. The summed E-state index contributed by atoms with van der Waals surface area (Å²) in [4.78, 5) is 41.9. The van der Waals surface area contributed by atoms with E-state index in [2.05, 4.69) is 5.32 Å².